The maximum Gasteiger partial charge on any atom is 0.351 e. The number of ether oxygens (including phenoxy) is 1. The normalized spacial score (nSPS) is 10.9. The van der Waals surface area contributed by atoms with Crippen LogP contribution in [0.5, 0.6) is 5.75 Å². The van der Waals surface area contributed by atoms with E-state index < -0.39 is 17.2 Å². The van der Waals surface area contributed by atoms with Crippen molar-refractivity contribution in [1.29, 1.82) is 0 Å². The summed E-state index contributed by atoms with van der Waals surface area (Å²) in [7, 11) is 0. The molecule has 0 saturated carbocycles. The number of carbonyl (C=O) groups excluding carboxylic acids is 1. The van der Waals surface area contributed by atoms with Gasteiger partial charge >= 0.3 is 11.2 Å². The summed E-state index contributed by atoms with van der Waals surface area (Å²) in [6, 6.07) is 14.0. The molecular weight excluding hydrogens is 466 g/mol. The first kappa shape index (κ1) is 20.6. The third kappa shape index (κ3) is 4.29. The van der Waals surface area contributed by atoms with E-state index in [9.17, 15) is 14.4 Å². The van der Waals surface area contributed by atoms with Gasteiger partial charge in [0.05, 0.1) is 6.61 Å². The number of amides is 1. The van der Waals surface area contributed by atoms with Crippen LogP contribution in [-0.4, -0.2) is 31.3 Å². The van der Waals surface area contributed by atoms with Gasteiger partial charge in [-0.3, -0.25) is 14.2 Å². The van der Waals surface area contributed by atoms with Gasteiger partial charge in [-0.1, -0.05) is 15.9 Å². The minimum absolute atomic E-state index is 0.0715. The molecule has 0 unspecified atom stereocenters. The molecule has 0 radical (unpaired) electrons. The fourth-order valence-corrected chi connectivity index (χ4v) is 3.32. The maximum absolute atomic E-state index is 12.9. The first-order valence-electron chi connectivity index (χ1n) is 9.46. The van der Waals surface area contributed by atoms with Crippen molar-refractivity contribution >= 4 is 33.2 Å². The second-order valence-electron chi connectivity index (χ2n) is 6.59. The summed E-state index contributed by atoms with van der Waals surface area (Å²) in [6.45, 7) is 2.11. The van der Waals surface area contributed by atoms with Crippen molar-refractivity contribution in [2.45, 2.75) is 13.5 Å². The Balaban J connectivity index is 1.61. The van der Waals surface area contributed by atoms with Crippen LogP contribution in [0, 0.1) is 0 Å². The zero-order valence-corrected chi connectivity index (χ0v) is 18.1. The number of nitrogens with zero attached hydrogens (tertiary/aromatic N) is 4. The topological polar surface area (TPSA) is 99.6 Å². The van der Waals surface area contributed by atoms with Crippen LogP contribution in [-0.2, 0) is 11.3 Å². The van der Waals surface area contributed by atoms with Gasteiger partial charge < -0.3 is 10.1 Å². The van der Waals surface area contributed by atoms with E-state index in [4.69, 9.17) is 4.74 Å². The molecule has 0 aliphatic carbocycles. The second kappa shape index (κ2) is 8.60. The quantitative estimate of drug-likeness (QED) is 0.454. The Morgan fingerprint density at radius 1 is 1.06 bits per heavy atom. The Bertz CT molecular complexity index is 1350. The van der Waals surface area contributed by atoms with Crippen LogP contribution in [0.3, 0.4) is 0 Å². The number of anilines is 1. The summed E-state index contributed by atoms with van der Waals surface area (Å²) in [5, 5.41) is 6.77. The molecule has 1 amide bonds. The molecule has 2 heterocycles. The van der Waals surface area contributed by atoms with Crippen molar-refractivity contribution in [3.8, 4) is 11.4 Å². The highest BCUT2D eigenvalue weighted by Gasteiger charge is 2.15. The smallest absolute Gasteiger partial charge is 0.351 e. The number of carbonyl (C=O) groups is 1. The number of benzene rings is 2. The van der Waals surface area contributed by atoms with Gasteiger partial charge in [-0.05, 0) is 55.5 Å². The zero-order chi connectivity index (χ0) is 22.0. The predicted octanol–water partition coefficient (Wildman–Crippen LogP) is 2.45. The van der Waals surface area contributed by atoms with E-state index in [1.807, 2.05) is 6.92 Å². The molecule has 4 aromatic rings. The van der Waals surface area contributed by atoms with Crippen molar-refractivity contribution < 1.29 is 9.53 Å². The van der Waals surface area contributed by atoms with Gasteiger partial charge in [0.15, 0.2) is 0 Å². The van der Waals surface area contributed by atoms with Crippen LogP contribution in [0.1, 0.15) is 6.92 Å². The van der Waals surface area contributed by atoms with Crippen molar-refractivity contribution in [2.75, 3.05) is 11.9 Å². The first-order chi connectivity index (χ1) is 15.0. The van der Waals surface area contributed by atoms with Gasteiger partial charge in [-0.15, -0.1) is 5.10 Å². The van der Waals surface area contributed by atoms with Gasteiger partial charge in [-0.2, -0.15) is 0 Å². The van der Waals surface area contributed by atoms with Crippen LogP contribution in [0.2, 0.25) is 0 Å². The van der Waals surface area contributed by atoms with Gasteiger partial charge in [0.2, 0.25) is 11.6 Å². The van der Waals surface area contributed by atoms with E-state index in [2.05, 4.69) is 26.3 Å². The van der Waals surface area contributed by atoms with E-state index in [1.54, 1.807) is 48.5 Å². The van der Waals surface area contributed by atoms with Gasteiger partial charge in [0.25, 0.3) is 0 Å². The van der Waals surface area contributed by atoms with Crippen LogP contribution in [0.25, 0.3) is 11.3 Å². The number of nitrogens with one attached hydrogen (secondary N) is 1. The summed E-state index contributed by atoms with van der Waals surface area (Å²) in [5.41, 5.74) is 0.0688. The molecule has 0 spiro atoms. The number of aromatic nitrogens is 4. The van der Waals surface area contributed by atoms with E-state index in [0.29, 0.717) is 23.7 Å². The Morgan fingerprint density at radius 2 is 1.77 bits per heavy atom. The molecule has 2 aromatic heterocycles. The SMILES string of the molecule is CCOc1ccc(-n2ccn3c(=O)n(CC(=O)Nc4ccc(Br)cc4)nc3c2=O)cc1. The highest BCUT2D eigenvalue weighted by Crippen LogP contribution is 2.15. The first-order valence-corrected chi connectivity index (χ1v) is 10.2. The van der Waals surface area contributed by atoms with E-state index in [-0.39, 0.29) is 12.2 Å². The van der Waals surface area contributed by atoms with Gasteiger partial charge in [0, 0.05) is 28.2 Å². The molecule has 0 bridgehead atoms. The van der Waals surface area contributed by atoms with Crippen LogP contribution in [0.15, 0.2) is 75.0 Å². The van der Waals surface area contributed by atoms with Crippen LogP contribution >= 0.6 is 15.9 Å². The van der Waals surface area contributed by atoms with Gasteiger partial charge in [0.1, 0.15) is 12.3 Å². The zero-order valence-electron chi connectivity index (χ0n) is 16.5. The lowest BCUT2D eigenvalue weighted by Gasteiger charge is -2.07. The predicted molar refractivity (Wildman–Crippen MR) is 119 cm³/mol. The molecule has 0 saturated heterocycles. The monoisotopic (exact) mass is 483 g/mol. The lowest BCUT2D eigenvalue weighted by molar-refractivity contribution is -0.117. The second-order valence-corrected chi connectivity index (χ2v) is 7.50. The molecule has 9 nitrogen and oxygen atoms in total. The van der Waals surface area contributed by atoms with E-state index >= 15 is 0 Å². The lowest BCUT2D eigenvalue weighted by Crippen LogP contribution is -2.28. The fraction of sp³-hybridized carbons (Fsp3) is 0.143. The van der Waals surface area contributed by atoms with Gasteiger partial charge in [-0.25, -0.2) is 13.9 Å². The molecule has 0 aliphatic heterocycles. The Kier molecular flexibility index (Phi) is 5.72. The molecule has 31 heavy (non-hydrogen) atoms. The summed E-state index contributed by atoms with van der Waals surface area (Å²) in [5.74, 6) is 0.261. The summed E-state index contributed by atoms with van der Waals surface area (Å²) < 4.78 is 9.76. The Hall–Kier alpha value is -3.66. The highest BCUT2D eigenvalue weighted by atomic mass is 79.9. The minimum atomic E-state index is -0.572. The van der Waals surface area contributed by atoms with Crippen molar-refractivity contribution in [3.63, 3.8) is 0 Å². The number of rotatable bonds is 6. The molecule has 10 heteroatoms. The lowest BCUT2D eigenvalue weighted by atomic mass is 10.3. The van der Waals surface area contributed by atoms with Crippen molar-refractivity contribution in [1.82, 2.24) is 18.7 Å². The molecular formula is C21H18BrN5O4. The Labute approximate surface area is 184 Å². The Morgan fingerprint density at radius 3 is 2.45 bits per heavy atom. The largest absolute Gasteiger partial charge is 0.494 e. The van der Waals surface area contributed by atoms with Crippen LogP contribution in [0.4, 0.5) is 5.69 Å². The minimum Gasteiger partial charge on any atom is -0.494 e. The number of halogens is 1. The maximum atomic E-state index is 12.9. The molecule has 4 rings (SSSR count). The molecule has 0 fully saturated rings. The summed E-state index contributed by atoms with van der Waals surface area (Å²) in [4.78, 5) is 37.8. The fourth-order valence-electron chi connectivity index (χ4n) is 3.05. The summed E-state index contributed by atoms with van der Waals surface area (Å²) >= 11 is 3.33. The average Bonchev–Trinajstić information content (AvgIpc) is 3.07. The molecule has 2 aromatic carbocycles. The number of hydrogen-bond donors (Lipinski definition) is 1. The molecule has 0 aliphatic rings. The van der Waals surface area contributed by atoms with E-state index in [0.717, 1.165) is 13.6 Å². The number of fused-ring (bicyclic) bond motifs is 1. The van der Waals surface area contributed by atoms with Crippen LogP contribution < -0.4 is 21.3 Å². The molecule has 0 atom stereocenters. The third-order valence-corrected chi connectivity index (χ3v) is 5.02. The van der Waals surface area contributed by atoms with E-state index in [1.165, 1.54) is 17.0 Å². The number of hydrogen-bond acceptors (Lipinski definition) is 5. The summed E-state index contributed by atoms with van der Waals surface area (Å²) in [6.07, 6.45) is 2.94. The molecule has 158 valence electrons. The standard InChI is InChI=1S/C21H18BrN5O4/c1-2-31-17-9-7-16(8-10-17)25-11-12-26-19(20(25)29)24-27(21(26)30)13-18(28)23-15-5-3-14(22)4-6-15/h3-12H,2,13H2,1H3,(H,23,28). The average molecular weight is 484 g/mol. The van der Waals surface area contributed by atoms with Crippen molar-refractivity contribution in [2.24, 2.45) is 0 Å². The molecule has 1 N–H and O–H groups in total. The van der Waals surface area contributed by atoms with Crippen molar-refractivity contribution in [3.05, 3.63) is 86.2 Å². The highest BCUT2D eigenvalue weighted by molar-refractivity contribution is 9.10. The third-order valence-electron chi connectivity index (χ3n) is 4.49.